The lowest BCUT2D eigenvalue weighted by Gasteiger charge is -2.57. The van der Waals surface area contributed by atoms with Crippen molar-refractivity contribution in [3.8, 4) is 0 Å². The smallest absolute Gasteiger partial charge is 0.164 e. The molecule has 0 spiro atoms. The summed E-state index contributed by atoms with van der Waals surface area (Å²) in [6.07, 6.45) is 6.77. The van der Waals surface area contributed by atoms with Crippen molar-refractivity contribution in [2.45, 2.75) is 57.7 Å². The average molecular weight is 366 g/mol. The first-order chi connectivity index (χ1) is 13.3. The molecule has 4 heterocycles. The first kappa shape index (κ1) is 17.4. The number of benzene rings is 1. The van der Waals surface area contributed by atoms with Crippen LogP contribution in [0.2, 0.25) is 0 Å². The Morgan fingerprint density at radius 3 is 2.78 bits per heavy atom. The summed E-state index contributed by atoms with van der Waals surface area (Å²) in [5.41, 5.74) is 1.49. The number of nitrogens with one attached hydrogen (secondary N) is 1. The van der Waals surface area contributed by atoms with Gasteiger partial charge in [0.2, 0.25) is 0 Å². The molecular formula is C22H31N5. The van der Waals surface area contributed by atoms with E-state index >= 15 is 0 Å². The number of likely N-dealkylation sites (tertiary alicyclic amines) is 1. The molecule has 0 aliphatic carbocycles. The molecule has 1 N–H and O–H groups in total. The van der Waals surface area contributed by atoms with E-state index in [1.54, 1.807) is 0 Å². The number of fused-ring (bicyclic) bond motifs is 4. The van der Waals surface area contributed by atoms with Crippen LogP contribution >= 0.6 is 0 Å². The van der Waals surface area contributed by atoms with Crippen LogP contribution in [0.15, 0.2) is 30.3 Å². The Kier molecular flexibility index (Phi) is 4.74. The van der Waals surface area contributed by atoms with E-state index in [0.29, 0.717) is 6.04 Å². The first-order valence-corrected chi connectivity index (χ1v) is 10.7. The summed E-state index contributed by atoms with van der Waals surface area (Å²) < 4.78 is 0. The summed E-state index contributed by atoms with van der Waals surface area (Å²) in [5.74, 6) is 3.45. The maximum atomic E-state index is 4.55. The van der Waals surface area contributed by atoms with Gasteiger partial charge in [-0.1, -0.05) is 36.8 Å². The van der Waals surface area contributed by atoms with Crippen molar-refractivity contribution in [3.63, 3.8) is 0 Å². The third-order valence-corrected chi connectivity index (χ3v) is 6.99. The van der Waals surface area contributed by atoms with Crippen LogP contribution in [0.1, 0.15) is 42.9 Å². The SMILES string of the molecule is Cc1nc(CN2C[C@H]3C[C@@H](C2)[C@H](Cc2ccccc2)N2CCCC[C@@H]32)n[nH]1. The van der Waals surface area contributed by atoms with Crippen LogP contribution in [0.3, 0.4) is 0 Å². The molecule has 3 aliphatic rings. The Morgan fingerprint density at radius 1 is 1.11 bits per heavy atom. The second-order valence-corrected chi connectivity index (χ2v) is 8.85. The molecule has 1 aromatic heterocycles. The van der Waals surface area contributed by atoms with Crippen LogP contribution in [0.5, 0.6) is 0 Å². The Labute approximate surface area is 162 Å². The van der Waals surface area contributed by atoms with E-state index in [1.807, 2.05) is 6.92 Å². The molecule has 0 amide bonds. The van der Waals surface area contributed by atoms with Gasteiger partial charge < -0.3 is 0 Å². The number of piperidine rings is 3. The van der Waals surface area contributed by atoms with E-state index in [0.717, 1.165) is 36.1 Å². The van der Waals surface area contributed by atoms with Crippen molar-refractivity contribution in [2.24, 2.45) is 11.8 Å². The van der Waals surface area contributed by atoms with Crippen molar-refractivity contribution in [3.05, 3.63) is 47.5 Å². The maximum Gasteiger partial charge on any atom is 0.164 e. The quantitative estimate of drug-likeness (QED) is 0.905. The topological polar surface area (TPSA) is 48.1 Å². The fourth-order valence-corrected chi connectivity index (χ4v) is 5.93. The number of nitrogens with zero attached hydrogens (tertiary/aromatic N) is 4. The highest BCUT2D eigenvalue weighted by Gasteiger charge is 2.46. The standard InChI is InChI=1S/C22H31N5/c1-16-23-22(25-24-16)15-26-13-18-12-19(14-26)21(11-17-7-3-2-4-8-17)27-10-6-5-9-20(18)27/h2-4,7-8,18-21H,5-6,9-15H2,1H3,(H,23,24,25)/t18-,19+,20+,21+/m1/s1. The van der Waals surface area contributed by atoms with Crippen molar-refractivity contribution in [1.82, 2.24) is 25.0 Å². The van der Waals surface area contributed by atoms with Crippen LogP contribution in [0, 0.1) is 18.8 Å². The number of H-pyrrole nitrogens is 1. The number of hydrogen-bond acceptors (Lipinski definition) is 4. The van der Waals surface area contributed by atoms with Crippen LogP contribution in [-0.4, -0.2) is 56.7 Å². The lowest BCUT2D eigenvalue weighted by atomic mass is 9.71. The highest BCUT2D eigenvalue weighted by Crippen LogP contribution is 2.42. The molecule has 5 rings (SSSR count). The first-order valence-electron chi connectivity index (χ1n) is 10.7. The number of rotatable bonds is 4. The Bertz CT molecular complexity index is 757. The third kappa shape index (κ3) is 3.55. The van der Waals surface area contributed by atoms with Gasteiger partial charge in [0.05, 0.1) is 6.54 Å². The minimum atomic E-state index is 0.686. The lowest BCUT2D eigenvalue weighted by molar-refractivity contribution is -0.0733. The second-order valence-electron chi connectivity index (χ2n) is 8.85. The molecule has 27 heavy (non-hydrogen) atoms. The molecule has 3 saturated heterocycles. The van der Waals surface area contributed by atoms with Gasteiger partial charge >= 0.3 is 0 Å². The largest absolute Gasteiger partial charge is 0.296 e. The predicted octanol–water partition coefficient (Wildman–Crippen LogP) is 3.03. The summed E-state index contributed by atoms with van der Waals surface area (Å²) >= 11 is 0. The number of aromatic nitrogens is 3. The molecule has 3 fully saturated rings. The fourth-order valence-electron chi connectivity index (χ4n) is 5.93. The van der Waals surface area contributed by atoms with Gasteiger partial charge in [0.25, 0.3) is 0 Å². The van der Waals surface area contributed by atoms with E-state index < -0.39 is 0 Å². The zero-order valence-corrected chi connectivity index (χ0v) is 16.3. The summed E-state index contributed by atoms with van der Waals surface area (Å²) in [6.45, 7) is 6.57. The van der Waals surface area contributed by atoms with Crippen LogP contribution in [0.25, 0.3) is 0 Å². The normalized spacial score (nSPS) is 31.6. The van der Waals surface area contributed by atoms with Crippen LogP contribution < -0.4 is 0 Å². The molecular weight excluding hydrogens is 334 g/mol. The van der Waals surface area contributed by atoms with E-state index in [4.69, 9.17) is 0 Å². The van der Waals surface area contributed by atoms with Crippen LogP contribution in [-0.2, 0) is 13.0 Å². The molecule has 0 radical (unpaired) electrons. The molecule has 4 atom stereocenters. The molecule has 5 nitrogen and oxygen atoms in total. The summed E-state index contributed by atoms with van der Waals surface area (Å²) in [5, 5.41) is 7.38. The monoisotopic (exact) mass is 365 g/mol. The maximum absolute atomic E-state index is 4.55. The molecule has 0 saturated carbocycles. The van der Waals surface area contributed by atoms with Crippen molar-refractivity contribution in [1.29, 1.82) is 0 Å². The van der Waals surface area contributed by atoms with E-state index in [1.165, 1.54) is 57.3 Å². The number of aromatic amines is 1. The van der Waals surface area contributed by atoms with Crippen LogP contribution in [0.4, 0.5) is 0 Å². The minimum Gasteiger partial charge on any atom is -0.296 e. The van der Waals surface area contributed by atoms with Gasteiger partial charge in [0, 0.05) is 25.2 Å². The Hall–Kier alpha value is -1.72. The Morgan fingerprint density at radius 2 is 1.96 bits per heavy atom. The summed E-state index contributed by atoms with van der Waals surface area (Å²) in [7, 11) is 0. The van der Waals surface area contributed by atoms with Gasteiger partial charge in [-0.3, -0.25) is 14.9 Å². The van der Waals surface area contributed by atoms with Gasteiger partial charge in [-0.2, -0.15) is 5.10 Å². The van der Waals surface area contributed by atoms with Gasteiger partial charge in [-0.25, -0.2) is 4.98 Å². The zero-order valence-electron chi connectivity index (χ0n) is 16.3. The highest BCUT2D eigenvalue weighted by atomic mass is 15.3. The van der Waals surface area contributed by atoms with E-state index in [-0.39, 0.29) is 0 Å². The Balaban J connectivity index is 1.37. The number of aryl methyl sites for hydroxylation is 1. The molecule has 5 heteroatoms. The van der Waals surface area contributed by atoms with E-state index in [2.05, 4.69) is 55.3 Å². The van der Waals surface area contributed by atoms with Crippen molar-refractivity contribution in [2.75, 3.05) is 19.6 Å². The zero-order chi connectivity index (χ0) is 18.2. The van der Waals surface area contributed by atoms with Crippen molar-refractivity contribution < 1.29 is 0 Å². The van der Waals surface area contributed by atoms with Gasteiger partial charge in [-0.15, -0.1) is 0 Å². The highest BCUT2D eigenvalue weighted by molar-refractivity contribution is 5.17. The van der Waals surface area contributed by atoms with Gasteiger partial charge in [-0.05, 0) is 56.6 Å². The molecule has 144 valence electrons. The lowest BCUT2D eigenvalue weighted by Crippen LogP contribution is -2.63. The van der Waals surface area contributed by atoms with E-state index in [9.17, 15) is 0 Å². The number of hydrogen-bond donors (Lipinski definition) is 1. The van der Waals surface area contributed by atoms with Gasteiger partial charge in [0.15, 0.2) is 5.82 Å². The van der Waals surface area contributed by atoms with Gasteiger partial charge in [0.1, 0.15) is 5.82 Å². The van der Waals surface area contributed by atoms with Crippen molar-refractivity contribution >= 4 is 0 Å². The predicted molar refractivity (Wildman–Crippen MR) is 106 cm³/mol. The average Bonchev–Trinajstić information content (AvgIpc) is 3.10. The molecule has 1 aromatic carbocycles. The fraction of sp³-hybridized carbons (Fsp3) is 0.636. The molecule has 2 aromatic rings. The molecule has 0 unspecified atom stereocenters. The molecule has 3 aliphatic heterocycles. The summed E-state index contributed by atoms with van der Waals surface area (Å²) in [4.78, 5) is 10.1. The summed E-state index contributed by atoms with van der Waals surface area (Å²) in [6, 6.07) is 12.6. The third-order valence-electron chi connectivity index (χ3n) is 6.99. The minimum absolute atomic E-state index is 0.686. The molecule has 2 bridgehead atoms. The second kappa shape index (κ2) is 7.36.